The Balaban J connectivity index is 0.00000200. The molecule has 1 amide bonds. The third kappa shape index (κ3) is 7.15. The molecule has 5 nitrogen and oxygen atoms in total. The van der Waals surface area contributed by atoms with Crippen LogP contribution in [-0.4, -0.2) is 62.3 Å². The minimum atomic E-state index is -0.0600. The second-order valence-electron chi connectivity index (χ2n) is 6.22. The van der Waals surface area contributed by atoms with Crippen molar-refractivity contribution in [3.05, 3.63) is 0 Å². The molecule has 0 bridgehead atoms. The molecule has 2 aliphatic rings. The van der Waals surface area contributed by atoms with Crippen LogP contribution in [0.25, 0.3) is 0 Å². The second-order valence-corrected chi connectivity index (χ2v) is 6.22. The molecule has 2 heterocycles. The lowest BCUT2D eigenvalue weighted by atomic mass is 9.99. The Hall–Kier alpha value is -0.0700. The number of hydrogen-bond donors (Lipinski definition) is 2. The standard InChI is InChI=1S/C14H27N3O2.2ClH/c1-14(2)11-17(8-9-19-14)7-6-16-13(18)12-4-3-5-15-10-12;;/h12,15H,3-11H2,1-2H3,(H,16,18);2*1H. The lowest BCUT2D eigenvalue weighted by Crippen LogP contribution is -2.50. The predicted octanol–water partition coefficient (Wildman–Crippen LogP) is 1.06. The van der Waals surface area contributed by atoms with Crippen LogP contribution in [0.4, 0.5) is 0 Å². The number of halogens is 2. The lowest BCUT2D eigenvalue weighted by Gasteiger charge is -2.38. The zero-order chi connectivity index (χ0) is 13.7. The highest BCUT2D eigenvalue weighted by molar-refractivity contribution is 5.85. The Bertz CT molecular complexity index is 311. The zero-order valence-corrected chi connectivity index (χ0v) is 14.7. The monoisotopic (exact) mass is 341 g/mol. The van der Waals surface area contributed by atoms with Gasteiger partial charge in [0.15, 0.2) is 0 Å². The number of nitrogens with zero attached hydrogens (tertiary/aromatic N) is 1. The highest BCUT2D eigenvalue weighted by atomic mass is 35.5. The van der Waals surface area contributed by atoms with Crippen molar-refractivity contribution in [2.75, 3.05) is 45.9 Å². The molecule has 0 saturated carbocycles. The molecule has 2 fully saturated rings. The van der Waals surface area contributed by atoms with Crippen LogP contribution in [0.2, 0.25) is 0 Å². The number of nitrogens with one attached hydrogen (secondary N) is 2. The van der Waals surface area contributed by atoms with E-state index in [-0.39, 0.29) is 42.2 Å². The SMILES string of the molecule is CC1(C)CN(CCNC(=O)C2CCCNC2)CCO1.Cl.Cl. The summed E-state index contributed by atoms with van der Waals surface area (Å²) < 4.78 is 5.68. The summed E-state index contributed by atoms with van der Waals surface area (Å²) in [5.41, 5.74) is -0.0600. The molecule has 21 heavy (non-hydrogen) atoms. The van der Waals surface area contributed by atoms with E-state index in [2.05, 4.69) is 29.4 Å². The molecule has 2 saturated heterocycles. The number of hydrogen-bond acceptors (Lipinski definition) is 4. The van der Waals surface area contributed by atoms with Crippen LogP contribution < -0.4 is 10.6 Å². The molecule has 0 aliphatic carbocycles. The molecule has 126 valence electrons. The van der Waals surface area contributed by atoms with E-state index in [0.29, 0.717) is 0 Å². The summed E-state index contributed by atoms with van der Waals surface area (Å²) in [5, 5.41) is 6.34. The van der Waals surface area contributed by atoms with E-state index in [1.54, 1.807) is 0 Å². The van der Waals surface area contributed by atoms with Gasteiger partial charge in [0.25, 0.3) is 0 Å². The van der Waals surface area contributed by atoms with Gasteiger partial charge in [0.1, 0.15) is 0 Å². The molecule has 0 radical (unpaired) electrons. The van der Waals surface area contributed by atoms with E-state index in [9.17, 15) is 4.79 Å². The molecule has 2 rings (SSSR count). The summed E-state index contributed by atoms with van der Waals surface area (Å²) in [4.78, 5) is 14.3. The number of rotatable bonds is 4. The highest BCUT2D eigenvalue weighted by Crippen LogP contribution is 2.15. The van der Waals surface area contributed by atoms with Gasteiger partial charge in [0, 0.05) is 32.7 Å². The molecule has 2 aliphatic heterocycles. The van der Waals surface area contributed by atoms with Crippen molar-refractivity contribution in [1.82, 2.24) is 15.5 Å². The summed E-state index contributed by atoms with van der Waals surface area (Å²) in [6.07, 6.45) is 2.12. The van der Waals surface area contributed by atoms with Gasteiger partial charge in [-0.05, 0) is 33.2 Å². The number of amides is 1. The first-order valence-electron chi connectivity index (χ1n) is 7.41. The van der Waals surface area contributed by atoms with E-state index in [0.717, 1.165) is 58.7 Å². The van der Waals surface area contributed by atoms with Crippen molar-refractivity contribution in [3.8, 4) is 0 Å². The molecule has 7 heteroatoms. The van der Waals surface area contributed by atoms with Crippen LogP contribution in [0.3, 0.4) is 0 Å². The van der Waals surface area contributed by atoms with Crippen LogP contribution in [-0.2, 0) is 9.53 Å². The van der Waals surface area contributed by atoms with Gasteiger partial charge in [-0.3, -0.25) is 9.69 Å². The molecule has 0 aromatic rings. The lowest BCUT2D eigenvalue weighted by molar-refractivity contribution is -0.125. The van der Waals surface area contributed by atoms with Crippen molar-refractivity contribution in [3.63, 3.8) is 0 Å². The average molecular weight is 342 g/mol. The van der Waals surface area contributed by atoms with Gasteiger partial charge in [0.05, 0.1) is 18.1 Å². The summed E-state index contributed by atoms with van der Waals surface area (Å²) in [5.74, 6) is 0.370. The second kappa shape index (κ2) is 9.85. The first kappa shape index (κ1) is 20.9. The number of carbonyl (C=O) groups excluding carboxylic acids is 1. The molecular weight excluding hydrogens is 313 g/mol. The maximum Gasteiger partial charge on any atom is 0.224 e. The number of carbonyl (C=O) groups is 1. The first-order chi connectivity index (χ1) is 9.07. The number of morpholine rings is 1. The molecule has 0 spiro atoms. The Morgan fingerprint density at radius 3 is 2.81 bits per heavy atom. The Morgan fingerprint density at radius 1 is 1.43 bits per heavy atom. The summed E-state index contributed by atoms with van der Waals surface area (Å²) in [7, 11) is 0. The minimum absolute atomic E-state index is 0. The third-order valence-corrected chi connectivity index (χ3v) is 3.90. The smallest absolute Gasteiger partial charge is 0.224 e. The fourth-order valence-corrected chi connectivity index (χ4v) is 2.86. The third-order valence-electron chi connectivity index (χ3n) is 3.90. The van der Waals surface area contributed by atoms with Crippen LogP contribution >= 0.6 is 24.8 Å². The van der Waals surface area contributed by atoms with Crippen molar-refractivity contribution in [2.24, 2.45) is 5.92 Å². The molecule has 1 atom stereocenters. The minimum Gasteiger partial charge on any atom is -0.373 e. The molecule has 2 N–H and O–H groups in total. The normalized spacial score (nSPS) is 25.3. The Labute approximate surface area is 140 Å². The topological polar surface area (TPSA) is 53.6 Å². The van der Waals surface area contributed by atoms with Gasteiger partial charge in [-0.1, -0.05) is 0 Å². The van der Waals surface area contributed by atoms with Crippen molar-refractivity contribution in [1.29, 1.82) is 0 Å². The molecule has 1 unspecified atom stereocenters. The summed E-state index contributed by atoms with van der Waals surface area (Å²) in [6.45, 7) is 10.5. The predicted molar refractivity (Wildman–Crippen MR) is 89.6 cm³/mol. The van der Waals surface area contributed by atoms with E-state index in [1.165, 1.54) is 0 Å². The van der Waals surface area contributed by atoms with Crippen LogP contribution in [0.15, 0.2) is 0 Å². The van der Waals surface area contributed by atoms with Gasteiger partial charge in [-0.25, -0.2) is 0 Å². The Kier molecular flexibility index (Phi) is 9.81. The van der Waals surface area contributed by atoms with Crippen LogP contribution in [0.1, 0.15) is 26.7 Å². The van der Waals surface area contributed by atoms with E-state index in [4.69, 9.17) is 4.74 Å². The highest BCUT2D eigenvalue weighted by Gasteiger charge is 2.27. The maximum absolute atomic E-state index is 12.0. The van der Waals surface area contributed by atoms with Gasteiger partial charge < -0.3 is 15.4 Å². The van der Waals surface area contributed by atoms with Crippen LogP contribution in [0.5, 0.6) is 0 Å². The fraction of sp³-hybridized carbons (Fsp3) is 0.929. The van der Waals surface area contributed by atoms with Gasteiger partial charge in [0.2, 0.25) is 5.91 Å². The van der Waals surface area contributed by atoms with E-state index < -0.39 is 0 Å². The molecular formula is C14H29Cl2N3O2. The zero-order valence-electron chi connectivity index (χ0n) is 13.0. The number of piperidine rings is 1. The van der Waals surface area contributed by atoms with E-state index in [1.807, 2.05) is 0 Å². The maximum atomic E-state index is 12.0. The van der Waals surface area contributed by atoms with Crippen LogP contribution in [0, 0.1) is 5.92 Å². The number of ether oxygens (including phenoxy) is 1. The first-order valence-corrected chi connectivity index (χ1v) is 7.41. The van der Waals surface area contributed by atoms with E-state index >= 15 is 0 Å². The average Bonchev–Trinajstić information content (AvgIpc) is 2.38. The fourth-order valence-electron chi connectivity index (χ4n) is 2.86. The Morgan fingerprint density at radius 2 is 2.19 bits per heavy atom. The van der Waals surface area contributed by atoms with Crippen molar-refractivity contribution >= 4 is 30.7 Å². The van der Waals surface area contributed by atoms with Crippen molar-refractivity contribution < 1.29 is 9.53 Å². The largest absolute Gasteiger partial charge is 0.373 e. The summed E-state index contributed by atoms with van der Waals surface area (Å²) in [6, 6.07) is 0. The molecule has 0 aromatic carbocycles. The van der Waals surface area contributed by atoms with Gasteiger partial charge in [-0.2, -0.15) is 0 Å². The quantitative estimate of drug-likeness (QED) is 0.802. The van der Waals surface area contributed by atoms with Gasteiger partial charge >= 0.3 is 0 Å². The van der Waals surface area contributed by atoms with Gasteiger partial charge in [-0.15, -0.1) is 24.8 Å². The van der Waals surface area contributed by atoms with Crippen molar-refractivity contribution in [2.45, 2.75) is 32.3 Å². The molecule has 0 aromatic heterocycles. The summed E-state index contributed by atoms with van der Waals surface area (Å²) >= 11 is 0.